The SMILES string of the molecule is BC(Nc1cc(Cl)c2ncc(C#N)c(NCCS(C)(C)C)c2c1)(C1=CN(C2CC2)NN1)c1ccc(F)cc1. The van der Waals surface area contributed by atoms with Crippen molar-refractivity contribution in [3.05, 3.63) is 76.5 Å². The molecule has 1 atom stereocenters. The molecule has 7 nitrogen and oxygen atoms in total. The van der Waals surface area contributed by atoms with Crippen LogP contribution in [0.4, 0.5) is 15.8 Å². The first-order valence-corrected chi connectivity index (χ1v) is 16.0. The minimum absolute atomic E-state index is 0.293. The third-order valence-corrected chi connectivity index (χ3v) is 8.66. The molecule has 2 aromatic carbocycles. The van der Waals surface area contributed by atoms with Gasteiger partial charge in [-0.1, -0.05) is 23.7 Å². The Labute approximate surface area is 230 Å². The fraction of sp³-hybridized carbons (Fsp3) is 0.333. The number of benzene rings is 2. The number of halogens is 2. The number of hydrazine groups is 2. The molecule has 5 rings (SSSR count). The van der Waals surface area contributed by atoms with Gasteiger partial charge in [-0.2, -0.15) is 5.26 Å². The lowest BCUT2D eigenvalue weighted by molar-refractivity contribution is 0.260. The van der Waals surface area contributed by atoms with Gasteiger partial charge in [-0.05, 0) is 67.2 Å². The van der Waals surface area contributed by atoms with E-state index in [2.05, 4.69) is 62.6 Å². The number of nitrogens with zero attached hydrogens (tertiary/aromatic N) is 3. The Morgan fingerprint density at radius 1 is 1.26 bits per heavy atom. The Morgan fingerprint density at radius 2 is 2.00 bits per heavy atom. The largest absolute Gasteiger partial charge is 0.383 e. The van der Waals surface area contributed by atoms with Gasteiger partial charge in [0.25, 0.3) is 0 Å². The lowest BCUT2D eigenvalue weighted by Gasteiger charge is -2.34. The van der Waals surface area contributed by atoms with Gasteiger partial charge < -0.3 is 16.1 Å². The fourth-order valence-corrected chi connectivity index (χ4v) is 5.57. The van der Waals surface area contributed by atoms with Gasteiger partial charge in [0.05, 0.1) is 32.9 Å². The predicted molar refractivity (Wildman–Crippen MR) is 160 cm³/mol. The van der Waals surface area contributed by atoms with Crippen molar-refractivity contribution in [2.45, 2.75) is 24.3 Å². The molecule has 1 aliphatic heterocycles. The Kier molecular flexibility index (Phi) is 7.12. The summed E-state index contributed by atoms with van der Waals surface area (Å²) in [6, 6.07) is 13.0. The molecule has 2 heterocycles. The van der Waals surface area contributed by atoms with Gasteiger partial charge in [0.2, 0.25) is 0 Å². The molecular formula is C27H32BClFN7S. The monoisotopic (exact) mass is 551 g/mol. The average molecular weight is 552 g/mol. The number of nitriles is 1. The van der Waals surface area contributed by atoms with Gasteiger partial charge in [0, 0.05) is 36.1 Å². The molecule has 198 valence electrons. The van der Waals surface area contributed by atoms with Gasteiger partial charge in [-0.15, -0.1) is 5.53 Å². The van der Waals surface area contributed by atoms with E-state index in [4.69, 9.17) is 11.6 Å². The minimum atomic E-state index is -0.745. The molecule has 38 heavy (non-hydrogen) atoms. The van der Waals surface area contributed by atoms with Crippen molar-refractivity contribution in [1.82, 2.24) is 21.0 Å². The van der Waals surface area contributed by atoms with E-state index in [1.807, 2.05) is 20.0 Å². The highest BCUT2D eigenvalue weighted by Crippen LogP contribution is 2.39. The number of fused-ring (bicyclic) bond motifs is 1. The molecule has 3 aromatic rings. The van der Waals surface area contributed by atoms with Gasteiger partial charge >= 0.3 is 0 Å². The Hall–Kier alpha value is -3.13. The molecule has 0 bridgehead atoms. The van der Waals surface area contributed by atoms with E-state index in [0.29, 0.717) is 22.1 Å². The average Bonchev–Trinajstić information content (AvgIpc) is 3.59. The van der Waals surface area contributed by atoms with E-state index < -0.39 is 15.5 Å². The number of hydrogen-bond donors (Lipinski definition) is 4. The smallest absolute Gasteiger partial charge is 0.148 e. The number of pyridine rings is 1. The van der Waals surface area contributed by atoms with E-state index in [9.17, 15) is 9.65 Å². The molecule has 0 amide bonds. The molecule has 1 unspecified atom stereocenters. The van der Waals surface area contributed by atoms with Crippen LogP contribution in [0.1, 0.15) is 24.0 Å². The van der Waals surface area contributed by atoms with Crippen molar-refractivity contribution in [3.8, 4) is 6.07 Å². The van der Waals surface area contributed by atoms with E-state index in [1.54, 1.807) is 18.3 Å². The summed E-state index contributed by atoms with van der Waals surface area (Å²) in [7, 11) is 1.34. The summed E-state index contributed by atoms with van der Waals surface area (Å²) in [4.78, 5) is 4.49. The molecule has 0 saturated heterocycles. The second kappa shape index (κ2) is 10.2. The summed E-state index contributed by atoms with van der Waals surface area (Å²) in [5.41, 5.74) is 10.2. The Balaban J connectivity index is 1.56. The molecule has 4 N–H and O–H groups in total. The molecule has 0 radical (unpaired) electrons. The van der Waals surface area contributed by atoms with Gasteiger partial charge in [0.15, 0.2) is 0 Å². The molecular weight excluding hydrogens is 520 g/mol. The molecule has 1 aromatic heterocycles. The number of hydrogen-bond acceptors (Lipinski definition) is 7. The summed E-state index contributed by atoms with van der Waals surface area (Å²) in [5.74, 6) is 0.721. The summed E-state index contributed by atoms with van der Waals surface area (Å²) < 4.78 is 13.8. The van der Waals surface area contributed by atoms with E-state index in [0.717, 1.165) is 53.2 Å². The van der Waals surface area contributed by atoms with Gasteiger partial charge in [0.1, 0.15) is 19.7 Å². The first kappa shape index (κ1) is 26.5. The van der Waals surface area contributed by atoms with Crippen molar-refractivity contribution in [2.75, 3.05) is 41.7 Å². The highest BCUT2D eigenvalue weighted by atomic mass is 35.5. The van der Waals surface area contributed by atoms with Crippen molar-refractivity contribution >= 4 is 51.8 Å². The first-order valence-electron chi connectivity index (χ1n) is 12.6. The van der Waals surface area contributed by atoms with Crippen LogP contribution in [0.15, 0.2) is 54.5 Å². The molecule has 0 spiro atoms. The van der Waals surface area contributed by atoms with Crippen LogP contribution >= 0.6 is 21.6 Å². The maximum absolute atomic E-state index is 13.8. The summed E-state index contributed by atoms with van der Waals surface area (Å²) in [5, 5.41) is 20.3. The van der Waals surface area contributed by atoms with E-state index in [-0.39, 0.29) is 5.82 Å². The van der Waals surface area contributed by atoms with Crippen LogP contribution in [0.2, 0.25) is 5.02 Å². The third kappa shape index (κ3) is 5.51. The maximum Gasteiger partial charge on any atom is 0.148 e. The van der Waals surface area contributed by atoms with E-state index in [1.165, 1.54) is 12.1 Å². The molecule has 1 fully saturated rings. The zero-order valence-corrected chi connectivity index (χ0v) is 23.6. The van der Waals surface area contributed by atoms with Crippen LogP contribution < -0.4 is 21.6 Å². The lowest BCUT2D eigenvalue weighted by Crippen LogP contribution is -2.45. The number of nitrogens with one attached hydrogen (secondary N) is 4. The normalized spacial score (nSPS) is 17.4. The maximum atomic E-state index is 13.8. The van der Waals surface area contributed by atoms with Crippen LogP contribution in [0.5, 0.6) is 0 Å². The zero-order chi connectivity index (χ0) is 27.1. The molecule has 1 aliphatic carbocycles. The van der Waals surface area contributed by atoms with Crippen molar-refractivity contribution < 1.29 is 4.39 Å². The Morgan fingerprint density at radius 3 is 2.66 bits per heavy atom. The van der Waals surface area contributed by atoms with Crippen LogP contribution in [-0.4, -0.2) is 54.9 Å². The summed E-state index contributed by atoms with van der Waals surface area (Å²) >= 11 is 6.76. The summed E-state index contributed by atoms with van der Waals surface area (Å²) in [6.07, 6.45) is 12.7. The first-order chi connectivity index (χ1) is 18.1. The zero-order valence-electron chi connectivity index (χ0n) is 22.0. The predicted octanol–water partition coefficient (Wildman–Crippen LogP) is 4.23. The Bertz CT molecular complexity index is 1430. The molecule has 2 aliphatic rings. The van der Waals surface area contributed by atoms with Crippen LogP contribution in [0, 0.1) is 17.1 Å². The van der Waals surface area contributed by atoms with Gasteiger partial charge in [-0.25, -0.2) is 14.4 Å². The second-order valence-corrected chi connectivity index (χ2v) is 15.9. The highest BCUT2D eigenvalue weighted by Gasteiger charge is 2.38. The molecule has 1 saturated carbocycles. The van der Waals surface area contributed by atoms with Crippen LogP contribution in [0.3, 0.4) is 0 Å². The minimum Gasteiger partial charge on any atom is -0.383 e. The standard InChI is InChI=1S/C27H32BClFN7S/c1-38(2,3)11-10-32-25-17(14-31)15-33-26-22(25)12-20(13-23(26)29)34-27(28,18-4-6-19(30)7-5-18)24-16-37(36-35-24)21-8-9-21/h4-7,12-13,15-16,21,34-36H,8-11,28H2,1-3H3,(H,32,33). The number of aromatic nitrogens is 1. The quantitative estimate of drug-likeness (QED) is 0.296. The van der Waals surface area contributed by atoms with Crippen molar-refractivity contribution in [1.29, 1.82) is 5.26 Å². The fourth-order valence-electron chi connectivity index (χ4n) is 4.59. The lowest BCUT2D eigenvalue weighted by atomic mass is 9.69. The third-order valence-electron chi connectivity index (χ3n) is 6.94. The number of rotatable bonds is 9. The van der Waals surface area contributed by atoms with Crippen LogP contribution in [0.25, 0.3) is 10.9 Å². The highest BCUT2D eigenvalue weighted by molar-refractivity contribution is 8.32. The van der Waals surface area contributed by atoms with Gasteiger partial charge in [-0.3, -0.25) is 9.99 Å². The second-order valence-electron chi connectivity index (χ2n) is 10.9. The van der Waals surface area contributed by atoms with E-state index >= 15 is 0 Å². The summed E-state index contributed by atoms with van der Waals surface area (Å²) in [6.45, 7) is 0.745. The topological polar surface area (TPSA) is 88.0 Å². The van der Waals surface area contributed by atoms with Crippen molar-refractivity contribution in [3.63, 3.8) is 0 Å². The van der Waals surface area contributed by atoms with Crippen molar-refractivity contribution in [2.24, 2.45) is 0 Å². The number of anilines is 2. The molecule has 11 heteroatoms. The van der Waals surface area contributed by atoms with Crippen LogP contribution in [-0.2, 0) is 5.44 Å².